The zero-order valence-corrected chi connectivity index (χ0v) is 8.39. The molecule has 0 spiro atoms. The van der Waals surface area contributed by atoms with Crippen LogP contribution in [0.5, 0.6) is 0 Å². The Kier molecular flexibility index (Phi) is 2.96. The summed E-state index contributed by atoms with van der Waals surface area (Å²) in [6.07, 6.45) is 2.74. The lowest BCUT2D eigenvalue weighted by Gasteiger charge is -1.87. The van der Waals surface area contributed by atoms with E-state index in [0.717, 1.165) is 14.5 Å². The lowest BCUT2D eigenvalue weighted by molar-refractivity contribution is 1.29. The summed E-state index contributed by atoms with van der Waals surface area (Å²) in [6.45, 7) is 3.65. The molecule has 0 fully saturated rings. The van der Waals surface area contributed by atoms with Gasteiger partial charge < -0.3 is 0 Å². The molecular weight excluding hydrogens is 232 g/mol. The van der Waals surface area contributed by atoms with E-state index >= 15 is 0 Å². The quantitative estimate of drug-likeness (QED) is 0.685. The summed E-state index contributed by atoms with van der Waals surface area (Å²) in [5.41, 5.74) is 1.21. The van der Waals surface area contributed by atoms with Gasteiger partial charge in [-0.25, -0.2) is 0 Å². The van der Waals surface area contributed by atoms with Crippen molar-refractivity contribution >= 4 is 38.9 Å². The molecule has 0 aliphatic heterocycles. The third kappa shape index (κ3) is 1.84. The van der Waals surface area contributed by atoms with Crippen LogP contribution in [0.3, 0.4) is 0 Å². The molecule has 0 radical (unpaired) electrons. The molecule has 0 saturated heterocycles. The molecule has 0 aromatic carbocycles. The number of hydrogen-bond donors (Lipinski definition) is 0. The van der Waals surface area contributed by atoms with Gasteiger partial charge in [0.25, 0.3) is 0 Å². The average Bonchev–Trinajstić information content (AvgIpc) is 2.13. The maximum atomic E-state index is 5.76. The Balaban J connectivity index is 2.91. The van der Waals surface area contributed by atoms with E-state index < -0.39 is 0 Å². The second-order valence-corrected chi connectivity index (χ2v) is 4.84. The minimum Gasteiger partial charge on any atom is -0.116 e. The van der Waals surface area contributed by atoms with Crippen LogP contribution >= 0.6 is 38.9 Å². The smallest absolute Gasteiger partial charge is 0.0943 e. The van der Waals surface area contributed by atoms with Crippen LogP contribution < -0.4 is 0 Å². The van der Waals surface area contributed by atoms with Crippen LogP contribution in [0.1, 0.15) is 5.56 Å². The molecule has 54 valence electrons. The second kappa shape index (κ2) is 3.56. The monoisotopic (exact) mass is 236 g/mol. The normalized spacial score (nSPS) is 9.80. The van der Waals surface area contributed by atoms with Gasteiger partial charge in [0.05, 0.1) is 8.12 Å². The number of hydrogen-bond acceptors (Lipinski definition) is 1. The first kappa shape index (κ1) is 8.31. The van der Waals surface area contributed by atoms with E-state index in [9.17, 15) is 0 Å². The number of allylic oxidation sites excluding steroid dienone is 1. The van der Waals surface area contributed by atoms with Crippen molar-refractivity contribution in [3.63, 3.8) is 0 Å². The molecule has 3 heteroatoms. The van der Waals surface area contributed by atoms with E-state index in [1.165, 1.54) is 5.56 Å². The molecule has 10 heavy (non-hydrogen) atoms. The fourth-order valence-electron chi connectivity index (χ4n) is 0.669. The van der Waals surface area contributed by atoms with Crippen LogP contribution in [-0.4, -0.2) is 0 Å². The Labute approximate surface area is 77.6 Å². The van der Waals surface area contributed by atoms with Crippen molar-refractivity contribution < 1.29 is 0 Å². The average molecular weight is 238 g/mol. The summed E-state index contributed by atoms with van der Waals surface area (Å²) in [5.74, 6) is 0. The number of thiophene rings is 1. The molecule has 0 aliphatic carbocycles. The molecule has 0 N–H and O–H groups in total. The fraction of sp³-hybridized carbons (Fsp3) is 0.143. The Morgan fingerprint density at radius 1 is 1.80 bits per heavy atom. The van der Waals surface area contributed by atoms with Gasteiger partial charge in [-0.2, -0.15) is 0 Å². The summed E-state index contributed by atoms with van der Waals surface area (Å²) >= 11 is 10.7. The van der Waals surface area contributed by atoms with Crippen LogP contribution in [0.2, 0.25) is 4.34 Å². The number of halogens is 2. The standard InChI is InChI=1S/C7H6BrClS/c1-2-3-5-4-6(9)10-7(5)8/h2,4H,1,3H2. The minimum atomic E-state index is 0.823. The van der Waals surface area contributed by atoms with Gasteiger partial charge in [-0.1, -0.05) is 17.7 Å². The molecule has 0 bridgehead atoms. The summed E-state index contributed by atoms with van der Waals surface area (Å²) in [6, 6.07) is 1.96. The Morgan fingerprint density at radius 2 is 2.50 bits per heavy atom. The maximum Gasteiger partial charge on any atom is 0.0943 e. The second-order valence-electron chi connectivity index (χ2n) is 1.84. The lowest BCUT2D eigenvalue weighted by Crippen LogP contribution is -1.73. The predicted octanol–water partition coefficient (Wildman–Crippen LogP) is 3.89. The zero-order chi connectivity index (χ0) is 7.56. The van der Waals surface area contributed by atoms with Crippen molar-refractivity contribution in [2.75, 3.05) is 0 Å². The molecule has 1 rings (SSSR count). The number of rotatable bonds is 2. The molecule has 1 aromatic rings. The third-order valence-electron chi connectivity index (χ3n) is 1.09. The third-order valence-corrected chi connectivity index (χ3v) is 3.18. The van der Waals surface area contributed by atoms with Gasteiger partial charge in [0, 0.05) is 0 Å². The maximum absolute atomic E-state index is 5.76. The SMILES string of the molecule is C=CCc1cc(Cl)sc1Br. The minimum absolute atomic E-state index is 0.823. The first-order chi connectivity index (χ1) is 4.74. The van der Waals surface area contributed by atoms with Crippen molar-refractivity contribution in [3.05, 3.63) is 32.4 Å². The molecular formula is C7H6BrClS. The van der Waals surface area contributed by atoms with Crippen molar-refractivity contribution in [2.24, 2.45) is 0 Å². The van der Waals surface area contributed by atoms with Crippen molar-refractivity contribution in [3.8, 4) is 0 Å². The first-order valence-electron chi connectivity index (χ1n) is 2.78. The highest BCUT2D eigenvalue weighted by Gasteiger charge is 2.01. The van der Waals surface area contributed by atoms with Crippen LogP contribution in [-0.2, 0) is 6.42 Å². The van der Waals surface area contributed by atoms with E-state index in [1.54, 1.807) is 11.3 Å². The van der Waals surface area contributed by atoms with E-state index in [1.807, 2.05) is 12.1 Å². The molecule has 0 saturated carbocycles. The molecule has 0 nitrogen and oxygen atoms in total. The van der Waals surface area contributed by atoms with Crippen molar-refractivity contribution in [2.45, 2.75) is 6.42 Å². The van der Waals surface area contributed by atoms with Crippen molar-refractivity contribution in [1.82, 2.24) is 0 Å². The van der Waals surface area contributed by atoms with Crippen LogP contribution in [0.15, 0.2) is 22.5 Å². The van der Waals surface area contributed by atoms with Gasteiger partial charge in [0.2, 0.25) is 0 Å². The van der Waals surface area contributed by atoms with Crippen LogP contribution in [0.4, 0.5) is 0 Å². The zero-order valence-electron chi connectivity index (χ0n) is 5.23. The predicted molar refractivity (Wildman–Crippen MR) is 50.9 cm³/mol. The summed E-state index contributed by atoms with van der Waals surface area (Å²) in [7, 11) is 0. The van der Waals surface area contributed by atoms with Crippen LogP contribution in [0.25, 0.3) is 0 Å². The Hall–Kier alpha value is 0.210. The van der Waals surface area contributed by atoms with E-state index in [4.69, 9.17) is 11.6 Å². The van der Waals surface area contributed by atoms with E-state index in [0.29, 0.717) is 0 Å². The molecule has 1 aromatic heterocycles. The summed E-state index contributed by atoms with van der Waals surface area (Å²) < 4.78 is 1.93. The highest BCUT2D eigenvalue weighted by atomic mass is 79.9. The summed E-state index contributed by atoms with van der Waals surface area (Å²) in [5, 5.41) is 0. The van der Waals surface area contributed by atoms with Crippen molar-refractivity contribution in [1.29, 1.82) is 0 Å². The van der Waals surface area contributed by atoms with Gasteiger partial charge in [0.1, 0.15) is 0 Å². The Morgan fingerprint density at radius 3 is 2.90 bits per heavy atom. The highest BCUT2D eigenvalue weighted by molar-refractivity contribution is 9.11. The van der Waals surface area contributed by atoms with E-state index in [2.05, 4.69) is 22.5 Å². The summed E-state index contributed by atoms with van der Waals surface area (Å²) in [4.78, 5) is 0. The first-order valence-corrected chi connectivity index (χ1v) is 4.77. The fourth-order valence-corrected chi connectivity index (χ4v) is 2.76. The topological polar surface area (TPSA) is 0 Å². The van der Waals surface area contributed by atoms with Gasteiger partial charge >= 0.3 is 0 Å². The van der Waals surface area contributed by atoms with Gasteiger partial charge in [-0.05, 0) is 34.0 Å². The largest absolute Gasteiger partial charge is 0.116 e. The Bertz CT molecular complexity index is 242. The van der Waals surface area contributed by atoms with E-state index in [-0.39, 0.29) is 0 Å². The lowest BCUT2D eigenvalue weighted by atomic mass is 10.2. The molecule has 0 amide bonds. The highest BCUT2D eigenvalue weighted by Crippen LogP contribution is 2.31. The molecule has 0 atom stereocenters. The molecule has 1 heterocycles. The molecule has 0 aliphatic rings. The van der Waals surface area contributed by atoms with Gasteiger partial charge in [-0.15, -0.1) is 17.9 Å². The van der Waals surface area contributed by atoms with Gasteiger partial charge in [-0.3, -0.25) is 0 Å². The van der Waals surface area contributed by atoms with Crippen LogP contribution in [0, 0.1) is 0 Å². The molecule has 0 unspecified atom stereocenters. The van der Waals surface area contributed by atoms with Gasteiger partial charge in [0.15, 0.2) is 0 Å².